The van der Waals surface area contributed by atoms with Crippen LogP contribution in [0.15, 0.2) is 97.2 Å². The smallest absolute Gasteiger partial charge is 0.101 e. The molecule has 4 aromatic rings. The predicted octanol–water partition coefficient (Wildman–Crippen LogP) is 5.28. The summed E-state index contributed by atoms with van der Waals surface area (Å²) in [4.78, 5) is 7.01. The number of rotatable bonds is 7. The van der Waals surface area contributed by atoms with Gasteiger partial charge in [0.25, 0.3) is 0 Å². The van der Waals surface area contributed by atoms with Crippen molar-refractivity contribution in [2.24, 2.45) is 0 Å². The van der Waals surface area contributed by atoms with Crippen molar-refractivity contribution in [1.29, 1.82) is 5.26 Å². The van der Waals surface area contributed by atoms with Gasteiger partial charge in [-0.05, 0) is 29.3 Å². The standard InChI is InChI=1S/C30H28N4O/c31-18-24-17-29(25-7-3-1-4-8-25)30(33-20-24)26-13-11-23(12-14-26)19-32-21-28-22-34(15-16-35-28)27-9-5-2-6-10-27/h1-14,17,20,28,32H,15-16,19,21-22H2. The van der Waals surface area contributed by atoms with Gasteiger partial charge in [0.05, 0.1) is 24.0 Å². The summed E-state index contributed by atoms with van der Waals surface area (Å²) in [6, 6.07) is 33.2. The molecule has 5 nitrogen and oxygen atoms in total. The monoisotopic (exact) mass is 460 g/mol. The number of hydrogen-bond acceptors (Lipinski definition) is 5. The minimum atomic E-state index is 0.166. The van der Waals surface area contributed by atoms with Gasteiger partial charge >= 0.3 is 0 Å². The van der Waals surface area contributed by atoms with Gasteiger partial charge in [0.2, 0.25) is 0 Å². The first-order valence-electron chi connectivity index (χ1n) is 12.0. The molecule has 35 heavy (non-hydrogen) atoms. The average molecular weight is 461 g/mol. The number of morpholine rings is 1. The average Bonchev–Trinajstić information content (AvgIpc) is 2.94. The van der Waals surface area contributed by atoms with Gasteiger partial charge in [0, 0.05) is 49.2 Å². The summed E-state index contributed by atoms with van der Waals surface area (Å²) >= 11 is 0. The summed E-state index contributed by atoms with van der Waals surface area (Å²) in [7, 11) is 0. The van der Waals surface area contributed by atoms with Crippen LogP contribution in [0.1, 0.15) is 11.1 Å². The summed E-state index contributed by atoms with van der Waals surface area (Å²) in [5, 5.41) is 12.9. The van der Waals surface area contributed by atoms with Gasteiger partial charge in [-0.2, -0.15) is 5.26 Å². The van der Waals surface area contributed by atoms with E-state index >= 15 is 0 Å². The largest absolute Gasteiger partial charge is 0.373 e. The Balaban J connectivity index is 1.22. The summed E-state index contributed by atoms with van der Waals surface area (Å²) in [5.74, 6) is 0. The van der Waals surface area contributed by atoms with Crippen LogP contribution in [0.5, 0.6) is 0 Å². The third-order valence-electron chi connectivity index (χ3n) is 6.29. The van der Waals surface area contributed by atoms with Crippen LogP contribution in [0.4, 0.5) is 5.69 Å². The first-order valence-corrected chi connectivity index (χ1v) is 12.0. The van der Waals surface area contributed by atoms with Crippen molar-refractivity contribution < 1.29 is 4.74 Å². The highest BCUT2D eigenvalue weighted by Crippen LogP contribution is 2.31. The van der Waals surface area contributed by atoms with Crippen LogP contribution in [-0.4, -0.2) is 37.3 Å². The minimum Gasteiger partial charge on any atom is -0.373 e. The molecule has 0 spiro atoms. The molecule has 1 aromatic heterocycles. The summed E-state index contributed by atoms with van der Waals surface area (Å²) in [6.07, 6.45) is 1.81. The SMILES string of the molecule is N#Cc1cnc(-c2ccc(CNCC3CN(c4ccccc4)CCO3)cc2)c(-c2ccccc2)c1. The number of hydrogen-bond donors (Lipinski definition) is 1. The van der Waals surface area contributed by atoms with Gasteiger partial charge in [0.1, 0.15) is 6.07 Å². The van der Waals surface area contributed by atoms with Crippen molar-refractivity contribution in [3.8, 4) is 28.5 Å². The number of nitrogens with one attached hydrogen (secondary N) is 1. The molecule has 174 valence electrons. The van der Waals surface area contributed by atoms with Crippen molar-refractivity contribution in [3.63, 3.8) is 0 Å². The third-order valence-corrected chi connectivity index (χ3v) is 6.29. The summed E-state index contributed by atoms with van der Waals surface area (Å²) in [6.45, 7) is 4.15. The van der Waals surface area contributed by atoms with E-state index in [2.05, 4.69) is 69.8 Å². The van der Waals surface area contributed by atoms with Crippen molar-refractivity contribution in [2.45, 2.75) is 12.6 Å². The van der Waals surface area contributed by atoms with Gasteiger partial charge in [-0.1, -0.05) is 72.8 Å². The molecule has 5 heteroatoms. The normalized spacial score (nSPS) is 15.5. The van der Waals surface area contributed by atoms with E-state index in [-0.39, 0.29) is 6.10 Å². The lowest BCUT2D eigenvalue weighted by atomic mass is 9.97. The number of nitrogens with zero attached hydrogens (tertiary/aromatic N) is 3. The molecule has 5 rings (SSSR count). The summed E-state index contributed by atoms with van der Waals surface area (Å²) < 4.78 is 5.98. The van der Waals surface area contributed by atoms with E-state index in [0.717, 1.165) is 55.2 Å². The van der Waals surface area contributed by atoms with Gasteiger partial charge in [-0.3, -0.25) is 4.98 Å². The topological polar surface area (TPSA) is 61.2 Å². The minimum absolute atomic E-state index is 0.166. The van der Waals surface area contributed by atoms with E-state index in [4.69, 9.17) is 4.74 Å². The van der Waals surface area contributed by atoms with Crippen LogP contribution in [0, 0.1) is 11.3 Å². The van der Waals surface area contributed by atoms with Crippen molar-refractivity contribution in [1.82, 2.24) is 10.3 Å². The van der Waals surface area contributed by atoms with Crippen LogP contribution >= 0.6 is 0 Å². The Bertz CT molecular complexity index is 1280. The summed E-state index contributed by atoms with van der Waals surface area (Å²) in [5.41, 5.74) is 6.95. The molecule has 1 N–H and O–H groups in total. The molecule has 1 atom stereocenters. The van der Waals surface area contributed by atoms with Crippen LogP contribution in [-0.2, 0) is 11.3 Å². The molecule has 1 unspecified atom stereocenters. The number of aromatic nitrogens is 1. The highest BCUT2D eigenvalue weighted by atomic mass is 16.5. The van der Waals surface area contributed by atoms with Gasteiger partial charge in [-0.15, -0.1) is 0 Å². The molecule has 1 saturated heterocycles. The van der Waals surface area contributed by atoms with E-state index in [1.54, 1.807) is 6.20 Å². The number of nitriles is 1. The zero-order valence-electron chi connectivity index (χ0n) is 19.6. The molecule has 3 aromatic carbocycles. The van der Waals surface area contributed by atoms with Crippen LogP contribution in [0.3, 0.4) is 0 Å². The maximum Gasteiger partial charge on any atom is 0.101 e. The van der Waals surface area contributed by atoms with Crippen molar-refractivity contribution in [3.05, 3.63) is 108 Å². The van der Waals surface area contributed by atoms with E-state index in [1.165, 1.54) is 11.3 Å². The van der Waals surface area contributed by atoms with Crippen LogP contribution in [0.2, 0.25) is 0 Å². The second kappa shape index (κ2) is 11.0. The van der Waals surface area contributed by atoms with E-state index in [0.29, 0.717) is 5.56 Å². The fourth-order valence-electron chi connectivity index (χ4n) is 4.47. The Kier molecular flexibility index (Phi) is 7.14. The molecular weight excluding hydrogens is 432 g/mol. The molecule has 1 aliphatic heterocycles. The second-order valence-corrected chi connectivity index (χ2v) is 8.70. The maximum atomic E-state index is 9.35. The lowest BCUT2D eigenvalue weighted by Crippen LogP contribution is -2.46. The first kappa shape index (κ1) is 22.8. The maximum absolute atomic E-state index is 9.35. The van der Waals surface area contributed by atoms with Gasteiger partial charge in [0.15, 0.2) is 0 Å². The van der Waals surface area contributed by atoms with Crippen molar-refractivity contribution >= 4 is 5.69 Å². The quantitative estimate of drug-likeness (QED) is 0.406. The van der Waals surface area contributed by atoms with Crippen LogP contribution < -0.4 is 10.2 Å². The Morgan fingerprint density at radius 1 is 0.943 bits per heavy atom. The fourth-order valence-corrected chi connectivity index (χ4v) is 4.47. The zero-order valence-corrected chi connectivity index (χ0v) is 19.6. The molecule has 2 heterocycles. The number of ether oxygens (including phenoxy) is 1. The molecular formula is C30H28N4O. The first-order chi connectivity index (χ1) is 17.3. The van der Waals surface area contributed by atoms with E-state index in [9.17, 15) is 5.26 Å². The van der Waals surface area contributed by atoms with Gasteiger partial charge in [-0.25, -0.2) is 0 Å². The molecule has 0 bridgehead atoms. The number of pyridine rings is 1. The third kappa shape index (κ3) is 5.58. The highest BCUT2D eigenvalue weighted by molar-refractivity contribution is 5.81. The van der Waals surface area contributed by atoms with E-state index in [1.807, 2.05) is 42.5 Å². The lowest BCUT2D eigenvalue weighted by Gasteiger charge is -2.34. The molecule has 0 amide bonds. The van der Waals surface area contributed by atoms with E-state index < -0.39 is 0 Å². The predicted molar refractivity (Wildman–Crippen MR) is 140 cm³/mol. The highest BCUT2D eigenvalue weighted by Gasteiger charge is 2.20. The fraction of sp³-hybridized carbons (Fsp3) is 0.200. The molecule has 0 radical (unpaired) electrons. The molecule has 1 fully saturated rings. The van der Waals surface area contributed by atoms with Crippen LogP contribution in [0.25, 0.3) is 22.4 Å². The molecule has 1 aliphatic rings. The second-order valence-electron chi connectivity index (χ2n) is 8.70. The number of anilines is 1. The van der Waals surface area contributed by atoms with Crippen molar-refractivity contribution in [2.75, 3.05) is 31.1 Å². The lowest BCUT2D eigenvalue weighted by molar-refractivity contribution is 0.0407. The molecule has 0 saturated carbocycles. The molecule has 0 aliphatic carbocycles. The Morgan fingerprint density at radius 3 is 2.43 bits per heavy atom. The Morgan fingerprint density at radius 2 is 1.69 bits per heavy atom. The van der Waals surface area contributed by atoms with Gasteiger partial charge < -0.3 is 15.0 Å². The Hall–Kier alpha value is -3.98. The number of para-hydroxylation sites is 1. The number of benzene rings is 3. The Labute approximate surface area is 206 Å². The zero-order chi connectivity index (χ0) is 23.9.